The summed E-state index contributed by atoms with van der Waals surface area (Å²) in [5.74, 6) is 1.30. The van der Waals surface area contributed by atoms with Crippen LogP contribution in [-0.4, -0.2) is 33.3 Å². The van der Waals surface area contributed by atoms with Crippen LogP contribution in [0.4, 0.5) is 5.82 Å². The predicted octanol–water partition coefficient (Wildman–Crippen LogP) is 6.14. The maximum Gasteiger partial charge on any atom is 0.128 e. The molecule has 2 aromatic heterocycles. The molecule has 32 heavy (non-hydrogen) atoms. The molecule has 6 nitrogen and oxygen atoms in total. The molecule has 0 amide bonds. The third kappa shape index (κ3) is 4.98. The molecule has 0 spiro atoms. The smallest absolute Gasteiger partial charge is 0.128 e. The Morgan fingerprint density at radius 1 is 1.09 bits per heavy atom. The second kappa shape index (κ2) is 9.94. The van der Waals surface area contributed by atoms with Crippen molar-refractivity contribution in [3.8, 4) is 33.9 Å². The number of hydrogen-bond acceptors (Lipinski definition) is 5. The third-order valence-corrected chi connectivity index (χ3v) is 5.65. The molecule has 4 rings (SSSR count). The van der Waals surface area contributed by atoms with Crippen LogP contribution in [0.2, 0.25) is 10.0 Å². The molecule has 164 valence electrons. The van der Waals surface area contributed by atoms with E-state index < -0.39 is 0 Å². The second-order valence-electron chi connectivity index (χ2n) is 7.19. The zero-order valence-corrected chi connectivity index (χ0v) is 18.9. The summed E-state index contributed by atoms with van der Waals surface area (Å²) >= 11 is 12.9. The lowest BCUT2D eigenvalue weighted by atomic mass is 10.0. The van der Waals surface area contributed by atoms with Gasteiger partial charge in [0.1, 0.15) is 17.3 Å². The number of rotatable bonds is 8. The fraction of sp³-hybridized carbons (Fsp3) is 0.167. The van der Waals surface area contributed by atoms with Crippen molar-refractivity contribution in [1.29, 1.82) is 0 Å². The van der Waals surface area contributed by atoms with Crippen molar-refractivity contribution in [2.24, 2.45) is 0 Å². The number of ether oxygens (including phenoxy) is 1. The van der Waals surface area contributed by atoms with Crippen LogP contribution in [0.5, 0.6) is 11.5 Å². The van der Waals surface area contributed by atoms with E-state index in [0.29, 0.717) is 45.0 Å². The van der Waals surface area contributed by atoms with Gasteiger partial charge < -0.3 is 19.7 Å². The van der Waals surface area contributed by atoms with Crippen molar-refractivity contribution in [2.45, 2.75) is 13.0 Å². The number of nitrogens with one attached hydrogen (secondary N) is 1. The Balaban J connectivity index is 1.68. The molecule has 0 aliphatic carbocycles. The molecule has 0 bridgehead atoms. The van der Waals surface area contributed by atoms with Crippen molar-refractivity contribution in [3.05, 3.63) is 77.3 Å². The van der Waals surface area contributed by atoms with Gasteiger partial charge in [-0.05, 0) is 48.4 Å². The van der Waals surface area contributed by atoms with Gasteiger partial charge >= 0.3 is 0 Å². The van der Waals surface area contributed by atoms with Crippen LogP contribution < -0.4 is 10.1 Å². The van der Waals surface area contributed by atoms with Gasteiger partial charge in [-0.2, -0.15) is 0 Å². The normalized spacial score (nSPS) is 10.8. The average molecular weight is 469 g/mol. The lowest BCUT2D eigenvalue weighted by Crippen LogP contribution is -2.07. The number of pyridine rings is 1. The molecular weight excluding hydrogens is 447 g/mol. The summed E-state index contributed by atoms with van der Waals surface area (Å²) in [6, 6.07) is 14.3. The minimum absolute atomic E-state index is 0.0744. The molecular formula is C24H22Cl2N4O2. The highest BCUT2D eigenvalue weighted by molar-refractivity contribution is 6.39. The van der Waals surface area contributed by atoms with Crippen molar-refractivity contribution in [1.82, 2.24) is 14.5 Å². The Bertz CT molecular complexity index is 1190. The fourth-order valence-corrected chi connectivity index (χ4v) is 4.04. The number of benzene rings is 2. The van der Waals surface area contributed by atoms with Crippen molar-refractivity contribution in [2.75, 3.05) is 19.0 Å². The number of halogens is 2. The first kappa shape index (κ1) is 22.0. The Hall–Kier alpha value is -3.22. The van der Waals surface area contributed by atoms with Gasteiger partial charge in [-0.1, -0.05) is 29.3 Å². The molecule has 0 atom stereocenters. The predicted molar refractivity (Wildman–Crippen MR) is 129 cm³/mol. The van der Waals surface area contributed by atoms with Gasteiger partial charge in [0.2, 0.25) is 0 Å². The molecule has 0 aliphatic heterocycles. The van der Waals surface area contributed by atoms with E-state index in [-0.39, 0.29) is 5.75 Å². The van der Waals surface area contributed by atoms with E-state index in [2.05, 4.69) is 10.3 Å². The maximum absolute atomic E-state index is 10.6. The van der Waals surface area contributed by atoms with Gasteiger partial charge in [0.25, 0.3) is 0 Å². The van der Waals surface area contributed by atoms with Gasteiger partial charge in [-0.15, -0.1) is 0 Å². The molecule has 0 unspecified atom stereocenters. The largest absolute Gasteiger partial charge is 0.507 e. The number of aromatic nitrogens is 3. The number of aryl methyl sites for hydroxylation is 1. The molecule has 2 aromatic carbocycles. The van der Waals surface area contributed by atoms with Crippen LogP contribution in [0, 0.1) is 0 Å². The Labute approximate surface area is 196 Å². The molecule has 2 heterocycles. The molecule has 8 heteroatoms. The van der Waals surface area contributed by atoms with Crippen LogP contribution in [0.15, 0.2) is 67.3 Å². The fourth-order valence-electron chi connectivity index (χ4n) is 3.43. The van der Waals surface area contributed by atoms with Crippen molar-refractivity contribution in [3.63, 3.8) is 0 Å². The quantitative estimate of drug-likeness (QED) is 0.304. The minimum Gasteiger partial charge on any atom is -0.507 e. The molecule has 4 aromatic rings. The summed E-state index contributed by atoms with van der Waals surface area (Å²) in [6.45, 7) is 1.55. The average Bonchev–Trinajstić information content (AvgIpc) is 3.30. The monoisotopic (exact) mass is 468 g/mol. The summed E-state index contributed by atoms with van der Waals surface area (Å²) in [5, 5.41) is 15.0. The van der Waals surface area contributed by atoms with Crippen LogP contribution in [0.1, 0.15) is 6.42 Å². The first-order valence-electron chi connectivity index (χ1n) is 10.1. The van der Waals surface area contributed by atoms with Crippen molar-refractivity contribution >= 4 is 29.0 Å². The van der Waals surface area contributed by atoms with Gasteiger partial charge in [-0.3, -0.25) is 0 Å². The zero-order chi connectivity index (χ0) is 22.5. The number of nitrogens with zero attached hydrogens (tertiary/aromatic N) is 3. The second-order valence-corrected chi connectivity index (χ2v) is 8.00. The lowest BCUT2D eigenvalue weighted by molar-refractivity contribution is 0.408. The van der Waals surface area contributed by atoms with E-state index in [1.165, 1.54) is 0 Å². The van der Waals surface area contributed by atoms with Crippen LogP contribution in [0.3, 0.4) is 0 Å². The maximum atomic E-state index is 10.6. The van der Waals surface area contributed by atoms with E-state index in [9.17, 15) is 5.11 Å². The Morgan fingerprint density at radius 3 is 2.59 bits per heavy atom. The van der Waals surface area contributed by atoms with Crippen LogP contribution in [-0.2, 0) is 6.54 Å². The van der Waals surface area contributed by atoms with Crippen LogP contribution in [0.25, 0.3) is 22.4 Å². The third-order valence-electron chi connectivity index (χ3n) is 5.02. The number of phenols is 1. The first-order valence-corrected chi connectivity index (χ1v) is 10.8. The topological polar surface area (TPSA) is 72.2 Å². The van der Waals surface area contributed by atoms with Crippen molar-refractivity contribution < 1.29 is 9.84 Å². The summed E-state index contributed by atoms with van der Waals surface area (Å²) in [4.78, 5) is 8.78. The Morgan fingerprint density at radius 2 is 1.91 bits per heavy atom. The molecule has 0 saturated heterocycles. The van der Waals surface area contributed by atoms with Crippen LogP contribution >= 0.6 is 23.2 Å². The van der Waals surface area contributed by atoms with E-state index in [4.69, 9.17) is 32.9 Å². The minimum atomic E-state index is 0.0744. The highest BCUT2D eigenvalue weighted by Crippen LogP contribution is 2.39. The number of aromatic hydroxyl groups is 1. The number of phenolic OH excluding ortho intramolecular Hbond substituents is 1. The number of imidazole rings is 1. The van der Waals surface area contributed by atoms with Gasteiger partial charge in [0, 0.05) is 52.7 Å². The molecule has 0 fully saturated rings. The summed E-state index contributed by atoms with van der Waals surface area (Å²) in [6.07, 6.45) is 6.38. The summed E-state index contributed by atoms with van der Waals surface area (Å²) in [7, 11) is 1.55. The SMILES string of the molecule is COc1ccc(-c2cc(-c3c(Cl)cccc3Cl)cc(NCCCn3ccnc3)n2)c(O)c1. The first-order chi connectivity index (χ1) is 15.5. The summed E-state index contributed by atoms with van der Waals surface area (Å²) < 4.78 is 7.22. The number of hydrogen-bond donors (Lipinski definition) is 2. The molecule has 0 radical (unpaired) electrons. The highest BCUT2D eigenvalue weighted by atomic mass is 35.5. The van der Waals surface area contributed by atoms with Gasteiger partial charge in [0.15, 0.2) is 0 Å². The highest BCUT2D eigenvalue weighted by Gasteiger charge is 2.15. The number of methoxy groups -OCH3 is 1. The standard InChI is InChI=1S/C24H22Cl2N4O2/c1-32-17-6-7-18(22(31)14-17)21-12-16(24-19(25)4-2-5-20(24)26)13-23(29-21)28-8-3-10-30-11-9-27-15-30/h2,4-7,9,11-15,31H,3,8,10H2,1H3,(H,28,29). The molecule has 2 N–H and O–H groups in total. The van der Waals surface area contributed by atoms with E-state index in [1.54, 1.807) is 56.0 Å². The molecule has 0 saturated carbocycles. The number of anilines is 1. The zero-order valence-electron chi connectivity index (χ0n) is 17.4. The Kier molecular flexibility index (Phi) is 6.83. The molecule has 0 aliphatic rings. The van der Waals surface area contributed by atoms with E-state index in [1.807, 2.05) is 22.9 Å². The van der Waals surface area contributed by atoms with Gasteiger partial charge in [-0.25, -0.2) is 9.97 Å². The summed E-state index contributed by atoms with van der Waals surface area (Å²) in [5.41, 5.74) is 2.69. The van der Waals surface area contributed by atoms with E-state index >= 15 is 0 Å². The van der Waals surface area contributed by atoms with Gasteiger partial charge in [0.05, 0.1) is 19.1 Å². The van der Waals surface area contributed by atoms with E-state index in [0.717, 1.165) is 18.5 Å². The lowest BCUT2D eigenvalue weighted by Gasteiger charge is -2.14.